The van der Waals surface area contributed by atoms with Crippen LogP contribution in [-0.2, 0) is 6.54 Å². The fourth-order valence-electron chi connectivity index (χ4n) is 2.47. The lowest BCUT2D eigenvalue weighted by atomic mass is 10.2. The van der Waals surface area contributed by atoms with Gasteiger partial charge in [-0.1, -0.05) is 36.4 Å². The first-order valence-corrected chi connectivity index (χ1v) is 8.93. The van der Waals surface area contributed by atoms with E-state index >= 15 is 0 Å². The van der Waals surface area contributed by atoms with E-state index in [2.05, 4.69) is 20.4 Å². The number of hydrogen-bond acceptors (Lipinski definition) is 6. The van der Waals surface area contributed by atoms with E-state index in [1.54, 1.807) is 18.5 Å². The number of aromatic nitrogens is 4. The molecule has 0 amide bonds. The zero-order chi connectivity index (χ0) is 17.8. The number of hydrogen-bond donors (Lipinski definition) is 1. The Bertz CT molecular complexity index is 997. The van der Waals surface area contributed by atoms with Gasteiger partial charge in [0.2, 0.25) is 5.95 Å². The molecule has 128 valence electrons. The van der Waals surface area contributed by atoms with Gasteiger partial charge in [-0.05, 0) is 29.1 Å². The normalized spacial score (nSPS) is 10.6. The lowest BCUT2D eigenvalue weighted by Crippen LogP contribution is -2.16. The fourth-order valence-corrected chi connectivity index (χ4v) is 3.12. The van der Waals surface area contributed by atoms with Crippen molar-refractivity contribution in [1.82, 2.24) is 19.7 Å². The number of carbonyl (C=O) groups excluding carboxylic acids is 1. The molecule has 3 heterocycles. The second-order valence-corrected chi connectivity index (χ2v) is 6.48. The third-order valence-corrected chi connectivity index (χ3v) is 4.62. The van der Waals surface area contributed by atoms with Crippen molar-refractivity contribution in [2.75, 3.05) is 5.32 Å². The molecule has 0 bridgehead atoms. The molecule has 1 aromatic carbocycles. The number of carbonyl (C=O) groups is 1. The number of nitrogens with one attached hydrogen (secondary N) is 1. The van der Waals surface area contributed by atoms with Gasteiger partial charge in [0.1, 0.15) is 0 Å². The Morgan fingerprint density at radius 1 is 1.04 bits per heavy atom. The van der Waals surface area contributed by atoms with Gasteiger partial charge in [-0.25, -0.2) is 0 Å². The summed E-state index contributed by atoms with van der Waals surface area (Å²) in [5, 5.41) is 9.51. The highest BCUT2D eigenvalue weighted by molar-refractivity contribution is 7.12. The molecular formula is C19H15N5OS. The number of thiophene rings is 1. The molecule has 0 fully saturated rings. The third-order valence-electron chi connectivity index (χ3n) is 3.76. The summed E-state index contributed by atoms with van der Waals surface area (Å²) in [4.78, 5) is 21.9. The van der Waals surface area contributed by atoms with Gasteiger partial charge in [0, 0.05) is 24.5 Å². The Kier molecular flexibility index (Phi) is 4.53. The van der Waals surface area contributed by atoms with Gasteiger partial charge < -0.3 is 5.32 Å². The van der Waals surface area contributed by atoms with Crippen LogP contribution in [0.4, 0.5) is 5.95 Å². The van der Waals surface area contributed by atoms with E-state index in [9.17, 15) is 4.79 Å². The van der Waals surface area contributed by atoms with Crippen LogP contribution < -0.4 is 5.32 Å². The smallest absolute Gasteiger partial charge is 0.291 e. The van der Waals surface area contributed by atoms with Gasteiger partial charge in [0.25, 0.3) is 5.91 Å². The average molecular weight is 361 g/mol. The zero-order valence-electron chi connectivity index (χ0n) is 13.7. The Hall–Kier alpha value is -3.32. The summed E-state index contributed by atoms with van der Waals surface area (Å²) < 4.78 is 1.32. The maximum absolute atomic E-state index is 12.8. The van der Waals surface area contributed by atoms with Crippen molar-refractivity contribution in [1.29, 1.82) is 0 Å². The van der Waals surface area contributed by atoms with Crippen LogP contribution in [0.2, 0.25) is 0 Å². The molecule has 0 spiro atoms. The second-order valence-electron chi connectivity index (χ2n) is 5.53. The van der Waals surface area contributed by atoms with Crippen LogP contribution in [0, 0.1) is 0 Å². The highest BCUT2D eigenvalue weighted by Crippen LogP contribution is 2.20. The first-order chi connectivity index (χ1) is 12.8. The van der Waals surface area contributed by atoms with Crippen molar-refractivity contribution in [3.05, 3.63) is 82.8 Å². The van der Waals surface area contributed by atoms with E-state index in [0.717, 1.165) is 11.1 Å². The van der Waals surface area contributed by atoms with Crippen LogP contribution >= 0.6 is 11.3 Å². The van der Waals surface area contributed by atoms with Crippen LogP contribution in [0.3, 0.4) is 0 Å². The Morgan fingerprint density at radius 2 is 1.85 bits per heavy atom. The Labute approximate surface area is 154 Å². The van der Waals surface area contributed by atoms with Crippen molar-refractivity contribution in [2.45, 2.75) is 6.54 Å². The maximum Gasteiger partial charge on any atom is 0.291 e. The molecule has 0 atom stereocenters. The lowest BCUT2D eigenvalue weighted by Gasteiger charge is -2.06. The summed E-state index contributed by atoms with van der Waals surface area (Å²) in [6.07, 6.45) is 3.35. The molecule has 3 aromatic heterocycles. The third kappa shape index (κ3) is 3.38. The molecule has 0 unspecified atom stereocenters. The quantitative estimate of drug-likeness (QED) is 0.587. The van der Waals surface area contributed by atoms with Gasteiger partial charge in [0.15, 0.2) is 5.82 Å². The number of rotatable bonds is 5. The molecule has 0 saturated heterocycles. The summed E-state index contributed by atoms with van der Waals surface area (Å²) >= 11 is 1.38. The molecule has 0 aliphatic rings. The zero-order valence-corrected chi connectivity index (χ0v) is 14.6. The highest BCUT2D eigenvalue weighted by Gasteiger charge is 2.19. The van der Waals surface area contributed by atoms with Crippen LogP contribution in [0.1, 0.15) is 15.2 Å². The average Bonchev–Trinajstić information content (AvgIpc) is 3.38. The van der Waals surface area contributed by atoms with Gasteiger partial charge >= 0.3 is 0 Å². The van der Waals surface area contributed by atoms with Crippen molar-refractivity contribution in [3.63, 3.8) is 0 Å². The molecule has 7 heteroatoms. The molecule has 0 aliphatic heterocycles. The predicted octanol–water partition coefficient (Wildman–Crippen LogP) is 3.70. The number of nitrogens with zero attached hydrogens (tertiary/aromatic N) is 4. The molecule has 4 aromatic rings. The van der Waals surface area contributed by atoms with Gasteiger partial charge in [-0.3, -0.25) is 9.78 Å². The summed E-state index contributed by atoms with van der Waals surface area (Å²) in [5.74, 6) is 0.690. The number of benzene rings is 1. The molecule has 1 N–H and O–H groups in total. The molecule has 4 rings (SSSR count). The fraction of sp³-hybridized carbons (Fsp3) is 0.0526. The topological polar surface area (TPSA) is 72.7 Å². The Morgan fingerprint density at radius 3 is 2.58 bits per heavy atom. The SMILES string of the molecule is O=C(c1cccs1)n1nc(-c2ccncc2)nc1NCc1ccccc1. The van der Waals surface area contributed by atoms with Crippen LogP contribution in [0.15, 0.2) is 72.4 Å². The molecule has 0 saturated carbocycles. The molecule has 26 heavy (non-hydrogen) atoms. The first-order valence-electron chi connectivity index (χ1n) is 8.05. The summed E-state index contributed by atoms with van der Waals surface area (Å²) in [7, 11) is 0. The summed E-state index contributed by atoms with van der Waals surface area (Å²) in [6, 6.07) is 17.2. The van der Waals surface area contributed by atoms with E-state index in [1.165, 1.54) is 16.0 Å². The summed E-state index contributed by atoms with van der Waals surface area (Å²) in [5.41, 5.74) is 1.90. The minimum Gasteiger partial charge on any atom is -0.350 e. The Balaban J connectivity index is 1.68. The van der Waals surface area contributed by atoms with Crippen molar-refractivity contribution >= 4 is 23.2 Å². The number of pyridine rings is 1. The highest BCUT2D eigenvalue weighted by atomic mass is 32.1. The van der Waals surface area contributed by atoms with E-state index in [0.29, 0.717) is 23.2 Å². The van der Waals surface area contributed by atoms with E-state index in [4.69, 9.17) is 0 Å². The molecular weight excluding hydrogens is 346 g/mol. The predicted molar refractivity (Wildman–Crippen MR) is 101 cm³/mol. The van der Waals surface area contributed by atoms with Crippen LogP contribution in [0.25, 0.3) is 11.4 Å². The molecule has 0 aliphatic carbocycles. The number of anilines is 1. The molecule has 6 nitrogen and oxygen atoms in total. The largest absolute Gasteiger partial charge is 0.350 e. The minimum absolute atomic E-state index is 0.205. The van der Waals surface area contributed by atoms with Crippen LogP contribution in [-0.4, -0.2) is 25.7 Å². The maximum atomic E-state index is 12.8. The monoisotopic (exact) mass is 361 g/mol. The lowest BCUT2D eigenvalue weighted by molar-refractivity contribution is 0.0951. The van der Waals surface area contributed by atoms with Crippen molar-refractivity contribution < 1.29 is 4.79 Å². The van der Waals surface area contributed by atoms with E-state index < -0.39 is 0 Å². The van der Waals surface area contributed by atoms with Crippen molar-refractivity contribution in [2.24, 2.45) is 0 Å². The van der Waals surface area contributed by atoms with E-state index in [-0.39, 0.29) is 5.91 Å². The molecule has 0 radical (unpaired) electrons. The second kappa shape index (κ2) is 7.28. The first kappa shape index (κ1) is 16.2. The summed E-state index contributed by atoms with van der Waals surface area (Å²) in [6.45, 7) is 0.549. The minimum atomic E-state index is -0.205. The van der Waals surface area contributed by atoms with Gasteiger partial charge in [0.05, 0.1) is 4.88 Å². The van der Waals surface area contributed by atoms with Crippen molar-refractivity contribution in [3.8, 4) is 11.4 Å². The van der Waals surface area contributed by atoms with E-state index in [1.807, 2.05) is 53.9 Å². The van der Waals surface area contributed by atoms with Crippen LogP contribution in [0.5, 0.6) is 0 Å². The standard InChI is InChI=1S/C19H15N5OS/c25-18(16-7-4-12-26-16)24-19(21-13-14-5-2-1-3-6-14)22-17(23-24)15-8-10-20-11-9-15/h1-12H,13H2,(H,21,22,23). The van der Waals surface area contributed by atoms with Gasteiger partial charge in [-0.15, -0.1) is 16.4 Å². The van der Waals surface area contributed by atoms with Gasteiger partial charge in [-0.2, -0.15) is 9.67 Å².